The quantitative estimate of drug-likeness (QED) is 0.431. The Labute approximate surface area is 67.7 Å². The Balaban J connectivity index is 3.05. The van der Waals surface area contributed by atoms with Gasteiger partial charge in [0.2, 0.25) is 0 Å². The predicted molar refractivity (Wildman–Crippen MR) is 48.4 cm³/mol. The van der Waals surface area contributed by atoms with Crippen molar-refractivity contribution in [2.24, 2.45) is 0 Å². The van der Waals surface area contributed by atoms with Crippen molar-refractivity contribution in [2.75, 3.05) is 11.9 Å². The molecule has 0 amide bonds. The highest BCUT2D eigenvalue weighted by Gasteiger charge is 1.98. The van der Waals surface area contributed by atoms with Crippen LogP contribution < -0.4 is 4.90 Å². The monoisotopic (exact) mass is 145 g/mol. The van der Waals surface area contributed by atoms with E-state index in [-0.39, 0.29) is 0 Å². The molecule has 1 aromatic carbocycles. The van der Waals surface area contributed by atoms with Gasteiger partial charge in [0.15, 0.2) is 0 Å². The summed E-state index contributed by atoms with van der Waals surface area (Å²) in [7, 11) is 1.88. The van der Waals surface area contributed by atoms with Gasteiger partial charge in [0.1, 0.15) is 0 Å². The molecule has 0 aromatic heterocycles. The number of para-hydroxylation sites is 1. The lowest BCUT2D eigenvalue weighted by Gasteiger charge is -2.12. The molecule has 1 heteroatoms. The van der Waals surface area contributed by atoms with Gasteiger partial charge in [-0.1, -0.05) is 24.6 Å². The Morgan fingerprint density at radius 1 is 1.36 bits per heavy atom. The number of nitrogens with zero attached hydrogens (tertiary/aromatic N) is 1. The number of benzene rings is 1. The molecule has 56 valence electrons. The van der Waals surface area contributed by atoms with E-state index in [0.717, 1.165) is 5.69 Å². The Kier molecular flexibility index (Phi) is 2.18. The van der Waals surface area contributed by atoms with Crippen LogP contribution in [-0.2, 0) is 0 Å². The standard InChI is InChI=1S/C10H11N/c1-4-11(3)10-8-6-5-7-9(10)2/h1,5-8H,2-3H3. The molecule has 0 aliphatic rings. The fourth-order valence-electron chi connectivity index (χ4n) is 1.01. The number of hydrogen-bond acceptors (Lipinski definition) is 1. The van der Waals surface area contributed by atoms with Gasteiger partial charge in [-0.25, -0.2) is 0 Å². The summed E-state index contributed by atoms with van der Waals surface area (Å²) in [5.74, 6) is 0. The zero-order valence-electron chi connectivity index (χ0n) is 6.83. The van der Waals surface area contributed by atoms with Crippen molar-refractivity contribution in [3.8, 4) is 12.5 Å². The summed E-state index contributed by atoms with van der Waals surface area (Å²) in [6, 6.07) is 10.6. The van der Waals surface area contributed by atoms with Crippen LogP contribution in [-0.4, -0.2) is 7.05 Å². The normalized spacial score (nSPS) is 8.82. The van der Waals surface area contributed by atoms with Crippen LogP contribution in [0.1, 0.15) is 5.56 Å². The molecular formula is C10H11N. The molecule has 0 bridgehead atoms. The average Bonchev–Trinajstić information content (AvgIpc) is 2.04. The van der Waals surface area contributed by atoms with E-state index >= 15 is 0 Å². The zero-order valence-corrected chi connectivity index (χ0v) is 6.83. The molecule has 0 unspecified atom stereocenters. The molecule has 0 aliphatic heterocycles. The van der Waals surface area contributed by atoms with Gasteiger partial charge >= 0.3 is 0 Å². The largest absolute Gasteiger partial charge is 0.305 e. The average molecular weight is 145 g/mol. The minimum absolute atomic E-state index is 1.09. The van der Waals surface area contributed by atoms with E-state index in [2.05, 4.69) is 6.04 Å². The fraction of sp³-hybridized carbons (Fsp3) is 0.200. The Morgan fingerprint density at radius 3 is 2.55 bits per heavy atom. The first-order chi connectivity index (χ1) is 5.25. The topological polar surface area (TPSA) is 3.24 Å². The van der Waals surface area contributed by atoms with Crippen LogP contribution in [0.5, 0.6) is 0 Å². The first kappa shape index (κ1) is 7.68. The van der Waals surface area contributed by atoms with Crippen LogP contribution in [0.15, 0.2) is 24.3 Å². The molecule has 0 fully saturated rings. The van der Waals surface area contributed by atoms with Crippen LogP contribution in [0.25, 0.3) is 0 Å². The van der Waals surface area contributed by atoms with Gasteiger partial charge in [0.25, 0.3) is 0 Å². The molecule has 0 heterocycles. The Bertz CT molecular complexity index is 283. The predicted octanol–water partition coefficient (Wildman–Crippen LogP) is 2.02. The van der Waals surface area contributed by atoms with Crippen molar-refractivity contribution in [1.82, 2.24) is 0 Å². The molecule has 1 nitrogen and oxygen atoms in total. The van der Waals surface area contributed by atoms with Crippen LogP contribution in [0.4, 0.5) is 5.69 Å². The lowest BCUT2D eigenvalue weighted by atomic mass is 10.2. The van der Waals surface area contributed by atoms with Crippen molar-refractivity contribution in [3.63, 3.8) is 0 Å². The van der Waals surface area contributed by atoms with Crippen LogP contribution >= 0.6 is 0 Å². The summed E-state index contributed by atoms with van der Waals surface area (Å²) < 4.78 is 0. The second-order valence-electron chi connectivity index (χ2n) is 2.47. The number of anilines is 1. The van der Waals surface area contributed by atoms with E-state index < -0.39 is 0 Å². The highest BCUT2D eigenvalue weighted by molar-refractivity contribution is 5.55. The second-order valence-corrected chi connectivity index (χ2v) is 2.47. The van der Waals surface area contributed by atoms with E-state index in [1.807, 2.05) is 38.2 Å². The van der Waals surface area contributed by atoms with E-state index in [0.29, 0.717) is 0 Å². The number of terminal acetylenes is 1. The van der Waals surface area contributed by atoms with Gasteiger partial charge < -0.3 is 4.90 Å². The lowest BCUT2D eigenvalue weighted by molar-refractivity contribution is 1.22. The maximum atomic E-state index is 5.25. The second kappa shape index (κ2) is 3.12. The number of rotatable bonds is 1. The summed E-state index contributed by atoms with van der Waals surface area (Å²) in [6.07, 6.45) is 5.25. The third-order valence-electron chi connectivity index (χ3n) is 1.67. The van der Waals surface area contributed by atoms with Crippen molar-refractivity contribution >= 4 is 5.69 Å². The minimum atomic E-state index is 1.09. The van der Waals surface area contributed by atoms with E-state index in [4.69, 9.17) is 6.42 Å². The summed E-state index contributed by atoms with van der Waals surface area (Å²) in [4.78, 5) is 1.77. The van der Waals surface area contributed by atoms with Crippen molar-refractivity contribution < 1.29 is 0 Å². The fourth-order valence-corrected chi connectivity index (χ4v) is 1.01. The van der Waals surface area contributed by atoms with Crippen molar-refractivity contribution in [1.29, 1.82) is 0 Å². The first-order valence-electron chi connectivity index (χ1n) is 3.51. The van der Waals surface area contributed by atoms with Crippen molar-refractivity contribution in [3.05, 3.63) is 29.8 Å². The van der Waals surface area contributed by atoms with E-state index in [9.17, 15) is 0 Å². The molecule has 0 atom stereocenters. The maximum absolute atomic E-state index is 5.25. The maximum Gasteiger partial charge on any atom is 0.0514 e. The third kappa shape index (κ3) is 1.53. The highest BCUT2D eigenvalue weighted by Crippen LogP contribution is 2.16. The van der Waals surface area contributed by atoms with Crippen LogP contribution in [0, 0.1) is 19.4 Å². The summed E-state index contributed by atoms with van der Waals surface area (Å²) >= 11 is 0. The van der Waals surface area contributed by atoms with Gasteiger partial charge in [-0.15, -0.1) is 0 Å². The smallest absolute Gasteiger partial charge is 0.0514 e. The SMILES string of the molecule is C#CN(C)c1ccccc1C. The molecule has 0 aliphatic carbocycles. The van der Waals surface area contributed by atoms with Crippen molar-refractivity contribution in [2.45, 2.75) is 6.92 Å². The molecule has 0 spiro atoms. The molecule has 1 rings (SSSR count). The number of aryl methyl sites for hydroxylation is 1. The van der Waals surface area contributed by atoms with Gasteiger partial charge in [-0.3, -0.25) is 0 Å². The molecule has 0 saturated carbocycles. The molecular weight excluding hydrogens is 134 g/mol. The minimum Gasteiger partial charge on any atom is -0.305 e. The number of hydrogen-bond donors (Lipinski definition) is 0. The van der Waals surface area contributed by atoms with E-state index in [1.165, 1.54) is 5.56 Å². The van der Waals surface area contributed by atoms with Crippen LogP contribution in [0.3, 0.4) is 0 Å². The van der Waals surface area contributed by atoms with Gasteiger partial charge in [0, 0.05) is 13.1 Å². The molecule has 0 N–H and O–H groups in total. The zero-order chi connectivity index (χ0) is 8.27. The third-order valence-corrected chi connectivity index (χ3v) is 1.67. The molecule has 11 heavy (non-hydrogen) atoms. The first-order valence-corrected chi connectivity index (χ1v) is 3.51. The van der Waals surface area contributed by atoms with Gasteiger partial charge in [-0.2, -0.15) is 0 Å². The van der Waals surface area contributed by atoms with Gasteiger partial charge in [-0.05, 0) is 18.6 Å². The summed E-state index contributed by atoms with van der Waals surface area (Å²) in [6.45, 7) is 2.04. The summed E-state index contributed by atoms with van der Waals surface area (Å²) in [5, 5.41) is 0. The van der Waals surface area contributed by atoms with Crippen LogP contribution in [0.2, 0.25) is 0 Å². The summed E-state index contributed by atoms with van der Waals surface area (Å²) in [5.41, 5.74) is 2.29. The Morgan fingerprint density at radius 2 is 2.00 bits per heavy atom. The van der Waals surface area contributed by atoms with Gasteiger partial charge in [0.05, 0.1) is 5.69 Å². The highest BCUT2D eigenvalue weighted by atomic mass is 15.1. The molecule has 0 radical (unpaired) electrons. The lowest BCUT2D eigenvalue weighted by Crippen LogP contribution is -2.08. The molecule has 0 saturated heterocycles. The Hall–Kier alpha value is -1.42. The molecule has 1 aromatic rings. The van der Waals surface area contributed by atoms with E-state index in [1.54, 1.807) is 4.90 Å².